The van der Waals surface area contributed by atoms with Gasteiger partial charge in [-0.2, -0.15) is 0 Å². The standard InChI is InChI=1S/C11H12ClNO3/c12-7-1-2-9(13)8(5-7)11(10(14)15)3-4-16-6-11/h1-2,5H,3-4,6,13H2,(H,14,15). The number of ether oxygens (including phenoxy) is 1. The van der Waals surface area contributed by atoms with Gasteiger partial charge >= 0.3 is 5.97 Å². The van der Waals surface area contributed by atoms with Crippen LogP contribution in [0, 0.1) is 0 Å². The highest BCUT2D eigenvalue weighted by molar-refractivity contribution is 6.30. The molecule has 1 aliphatic rings. The molecular formula is C11H12ClNO3. The van der Waals surface area contributed by atoms with Gasteiger partial charge in [-0.05, 0) is 30.2 Å². The molecule has 3 N–H and O–H groups in total. The Labute approximate surface area is 98.0 Å². The number of nitrogens with two attached hydrogens (primary N) is 1. The molecule has 0 aliphatic carbocycles. The first-order chi connectivity index (χ1) is 7.56. The molecule has 1 atom stereocenters. The van der Waals surface area contributed by atoms with Crippen molar-refractivity contribution in [3.8, 4) is 0 Å². The van der Waals surface area contributed by atoms with Gasteiger partial charge in [0.15, 0.2) is 0 Å². The van der Waals surface area contributed by atoms with Gasteiger partial charge in [0.2, 0.25) is 0 Å². The van der Waals surface area contributed by atoms with Crippen molar-refractivity contribution < 1.29 is 14.6 Å². The third-order valence-electron chi connectivity index (χ3n) is 2.96. The van der Waals surface area contributed by atoms with Crippen LogP contribution in [0.5, 0.6) is 0 Å². The lowest BCUT2D eigenvalue weighted by Crippen LogP contribution is -2.37. The summed E-state index contributed by atoms with van der Waals surface area (Å²) in [4.78, 5) is 11.4. The van der Waals surface area contributed by atoms with E-state index in [0.29, 0.717) is 29.3 Å². The van der Waals surface area contributed by atoms with E-state index in [-0.39, 0.29) is 6.61 Å². The van der Waals surface area contributed by atoms with Crippen LogP contribution in [-0.4, -0.2) is 24.3 Å². The average molecular weight is 242 g/mol. The van der Waals surface area contributed by atoms with E-state index in [2.05, 4.69) is 0 Å². The second-order valence-electron chi connectivity index (χ2n) is 3.92. The zero-order chi connectivity index (χ0) is 11.8. The Morgan fingerprint density at radius 2 is 2.31 bits per heavy atom. The van der Waals surface area contributed by atoms with E-state index in [0.717, 1.165) is 0 Å². The summed E-state index contributed by atoms with van der Waals surface area (Å²) in [5, 5.41) is 9.84. The predicted molar refractivity (Wildman–Crippen MR) is 60.6 cm³/mol. The summed E-state index contributed by atoms with van der Waals surface area (Å²) in [5.41, 5.74) is 5.76. The smallest absolute Gasteiger partial charge is 0.316 e. The molecule has 4 nitrogen and oxygen atoms in total. The summed E-state index contributed by atoms with van der Waals surface area (Å²) in [6.07, 6.45) is 0.423. The van der Waals surface area contributed by atoms with Gasteiger partial charge in [0.05, 0.1) is 6.61 Å². The predicted octanol–water partition coefficient (Wildman–Crippen LogP) is 1.66. The summed E-state index contributed by atoms with van der Waals surface area (Å²) >= 11 is 5.87. The van der Waals surface area contributed by atoms with Crippen molar-refractivity contribution in [1.82, 2.24) is 0 Å². The van der Waals surface area contributed by atoms with Crippen LogP contribution in [0.25, 0.3) is 0 Å². The molecule has 0 saturated carbocycles. The Bertz CT molecular complexity index is 427. The monoisotopic (exact) mass is 241 g/mol. The van der Waals surface area contributed by atoms with Gasteiger partial charge in [-0.15, -0.1) is 0 Å². The van der Waals surface area contributed by atoms with Gasteiger partial charge in [-0.1, -0.05) is 11.6 Å². The quantitative estimate of drug-likeness (QED) is 0.773. The number of carboxylic acid groups (broad SMARTS) is 1. The molecule has 1 aromatic carbocycles. The van der Waals surface area contributed by atoms with E-state index < -0.39 is 11.4 Å². The van der Waals surface area contributed by atoms with Crippen molar-refractivity contribution in [2.45, 2.75) is 11.8 Å². The number of hydrogen-bond donors (Lipinski definition) is 2. The fourth-order valence-corrected chi connectivity index (χ4v) is 2.18. The number of aliphatic carboxylic acids is 1. The summed E-state index contributed by atoms with van der Waals surface area (Å²) in [6.45, 7) is 0.575. The highest BCUT2D eigenvalue weighted by atomic mass is 35.5. The van der Waals surface area contributed by atoms with Gasteiger partial charge in [-0.25, -0.2) is 0 Å². The van der Waals surface area contributed by atoms with Crippen LogP contribution in [0.2, 0.25) is 5.02 Å². The number of nitrogen functional groups attached to an aromatic ring is 1. The molecule has 1 aliphatic heterocycles. The van der Waals surface area contributed by atoms with Crippen molar-refractivity contribution >= 4 is 23.3 Å². The summed E-state index contributed by atoms with van der Waals surface area (Å²) in [6, 6.07) is 4.88. The maximum Gasteiger partial charge on any atom is 0.316 e. The lowest BCUT2D eigenvalue weighted by molar-refractivity contribution is -0.143. The molecule has 5 heteroatoms. The fourth-order valence-electron chi connectivity index (χ4n) is 2.00. The third kappa shape index (κ3) is 1.64. The number of benzene rings is 1. The summed E-state index contributed by atoms with van der Waals surface area (Å²) in [5.74, 6) is -0.918. The van der Waals surface area contributed by atoms with Gasteiger partial charge in [0, 0.05) is 17.3 Å². The Hall–Kier alpha value is -1.26. The Morgan fingerprint density at radius 1 is 1.56 bits per heavy atom. The highest BCUT2D eigenvalue weighted by Gasteiger charge is 2.45. The maximum absolute atomic E-state index is 11.4. The molecule has 0 aromatic heterocycles. The Kier molecular flexibility index (Phi) is 2.78. The molecule has 16 heavy (non-hydrogen) atoms. The van der Waals surface area contributed by atoms with Gasteiger partial charge in [0.1, 0.15) is 5.41 Å². The first-order valence-corrected chi connectivity index (χ1v) is 5.31. The van der Waals surface area contributed by atoms with Crippen LogP contribution in [-0.2, 0) is 14.9 Å². The molecular weight excluding hydrogens is 230 g/mol. The fraction of sp³-hybridized carbons (Fsp3) is 0.364. The van der Waals surface area contributed by atoms with E-state index in [9.17, 15) is 9.90 Å². The van der Waals surface area contributed by atoms with Crippen molar-refractivity contribution in [3.63, 3.8) is 0 Å². The zero-order valence-electron chi connectivity index (χ0n) is 8.57. The van der Waals surface area contributed by atoms with Crippen molar-refractivity contribution in [1.29, 1.82) is 0 Å². The molecule has 0 amide bonds. The van der Waals surface area contributed by atoms with E-state index in [1.165, 1.54) is 0 Å². The molecule has 0 bridgehead atoms. The van der Waals surface area contributed by atoms with Crippen LogP contribution in [0.15, 0.2) is 18.2 Å². The summed E-state index contributed by atoms with van der Waals surface area (Å²) in [7, 11) is 0. The largest absolute Gasteiger partial charge is 0.481 e. The van der Waals surface area contributed by atoms with Crippen LogP contribution >= 0.6 is 11.6 Å². The molecule has 0 radical (unpaired) electrons. The second-order valence-corrected chi connectivity index (χ2v) is 4.36. The third-order valence-corrected chi connectivity index (χ3v) is 3.20. The Morgan fingerprint density at radius 3 is 2.88 bits per heavy atom. The van der Waals surface area contributed by atoms with Gasteiger partial charge in [0.25, 0.3) is 0 Å². The first kappa shape index (κ1) is 11.2. The van der Waals surface area contributed by atoms with E-state index in [4.69, 9.17) is 22.1 Å². The number of rotatable bonds is 2. The molecule has 1 unspecified atom stereocenters. The number of halogens is 1. The minimum atomic E-state index is -1.05. The molecule has 1 fully saturated rings. The molecule has 1 saturated heterocycles. The van der Waals surface area contributed by atoms with Crippen LogP contribution < -0.4 is 5.73 Å². The van der Waals surface area contributed by atoms with E-state index in [1.54, 1.807) is 18.2 Å². The zero-order valence-corrected chi connectivity index (χ0v) is 9.33. The van der Waals surface area contributed by atoms with Crippen LogP contribution in [0.4, 0.5) is 5.69 Å². The lowest BCUT2D eigenvalue weighted by Gasteiger charge is -2.24. The normalized spacial score (nSPS) is 24.6. The molecule has 1 aromatic rings. The van der Waals surface area contributed by atoms with Gasteiger partial charge in [-0.3, -0.25) is 4.79 Å². The minimum Gasteiger partial charge on any atom is -0.481 e. The average Bonchev–Trinajstić information content (AvgIpc) is 2.71. The molecule has 2 rings (SSSR count). The van der Waals surface area contributed by atoms with Crippen molar-refractivity contribution in [2.24, 2.45) is 0 Å². The van der Waals surface area contributed by atoms with Crippen molar-refractivity contribution in [2.75, 3.05) is 18.9 Å². The minimum absolute atomic E-state index is 0.146. The van der Waals surface area contributed by atoms with E-state index in [1.807, 2.05) is 0 Å². The Balaban J connectivity index is 2.55. The lowest BCUT2D eigenvalue weighted by atomic mass is 9.79. The maximum atomic E-state index is 11.4. The van der Waals surface area contributed by atoms with Crippen LogP contribution in [0.3, 0.4) is 0 Å². The topological polar surface area (TPSA) is 72.6 Å². The number of anilines is 1. The number of hydrogen-bond acceptors (Lipinski definition) is 3. The van der Waals surface area contributed by atoms with E-state index >= 15 is 0 Å². The second kappa shape index (κ2) is 3.96. The number of carbonyl (C=O) groups is 1. The SMILES string of the molecule is Nc1ccc(Cl)cc1C1(C(=O)O)CCOC1. The summed E-state index contributed by atoms with van der Waals surface area (Å²) < 4.78 is 5.19. The van der Waals surface area contributed by atoms with Crippen molar-refractivity contribution in [3.05, 3.63) is 28.8 Å². The molecule has 0 spiro atoms. The first-order valence-electron chi connectivity index (χ1n) is 4.93. The van der Waals surface area contributed by atoms with Gasteiger partial charge < -0.3 is 15.6 Å². The van der Waals surface area contributed by atoms with Crippen LogP contribution in [0.1, 0.15) is 12.0 Å². The molecule has 86 valence electrons. The molecule has 1 heterocycles. The number of carboxylic acids is 1. The highest BCUT2D eigenvalue weighted by Crippen LogP contribution is 2.38.